The maximum absolute atomic E-state index is 9.16. The van der Waals surface area contributed by atoms with Crippen LogP contribution in [0, 0.1) is 17.2 Å². The Morgan fingerprint density at radius 1 is 1.32 bits per heavy atom. The quantitative estimate of drug-likeness (QED) is 0.821. The summed E-state index contributed by atoms with van der Waals surface area (Å²) >= 11 is 0. The number of aromatic nitrogens is 2. The van der Waals surface area contributed by atoms with E-state index in [1.54, 1.807) is 0 Å². The zero-order valence-electron chi connectivity index (χ0n) is 11.4. The van der Waals surface area contributed by atoms with Crippen molar-refractivity contribution < 1.29 is 0 Å². The summed E-state index contributed by atoms with van der Waals surface area (Å²) in [5, 5.41) is 9.16. The van der Waals surface area contributed by atoms with Gasteiger partial charge in [0, 0.05) is 13.5 Å². The van der Waals surface area contributed by atoms with E-state index in [1.165, 1.54) is 32.1 Å². The molecule has 1 fully saturated rings. The van der Waals surface area contributed by atoms with Crippen LogP contribution in [0.5, 0.6) is 0 Å². The highest BCUT2D eigenvalue weighted by molar-refractivity contribution is 5.82. The molecule has 0 spiro atoms. The Morgan fingerprint density at radius 3 is 2.84 bits per heavy atom. The topological polar surface area (TPSA) is 41.6 Å². The average molecular weight is 253 g/mol. The van der Waals surface area contributed by atoms with Crippen molar-refractivity contribution in [1.29, 1.82) is 5.26 Å². The summed E-state index contributed by atoms with van der Waals surface area (Å²) in [5.74, 6) is 1.90. The van der Waals surface area contributed by atoms with Gasteiger partial charge in [0.05, 0.1) is 11.1 Å². The lowest BCUT2D eigenvalue weighted by molar-refractivity contribution is 0.349. The summed E-state index contributed by atoms with van der Waals surface area (Å²) in [6.45, 7) is 0. The second-order valence-corrected chi connectivity index (χ2v) is 5.58. The Balaban J connectivity index is 1.95. The molecule has 0 radical (unpaired) electrons. The number of fused-ring (bicyclic) bond motifs is 1. The van der Waals surface area contributed by atoms with Crippen molar-refractivity contribution in [3.05, 3.63) is 29.6 Å². The molecule has 98 valence electrons. The number of para-hydroxylation sites is 1. The van der Waals surface area contributed by atoms with Crippen molar-refractivity contribution in [2.75, 3.05) is 0 Å². The van der Waals surface area contributed by atoms with Crippen LogP contribution >= 0.6 is 0 Å². The Labute approximate surface area is 113 Å². The molecule has 1 aromatic heterocycles. The highest BCUT2D eigenvalue weighted by Gasteiger charge is 2.18. The van der Waals surface area contributed by atoms with Crippen LogP contribution < -0.4 is 0 Å². The summed E-state index contributed by atoms with van der Waals surface area (Å²) in [6, 6.07) is 8.07. The molecule has 0 amide bonds. The van der Waals surface area contributed by atoms with E-state index in [1.807, 2.05) is 18.2 Å². The first-order chi connectivity index (χ1) is 9.29. The van der Waals surface area contributed by atoms with Crippen molar-refractivity contribution in [3.63, 3.8) is 0 Å². The minimum Gasteiger partial charge on any atom is -0.331 e. The fraction of sp³-hybridized carbons (Fsp3) is 0.500. The molecule has 3 heteroatoms. The Bertz CT molecular complexity index is 627. The third-order valence-corrected chi connectivity index (χ3v) is 4.32. The number of nitriles is 1. The lowest BCUT2D eigenvalue weighted by atomic mass is 9.87. The van der Waals surface area contributed by atoms with Gasteiger partial charge in [-0.05, 0) is 18.1 Å². The third kappa shape index (κ3) is 2.23. The highest BCUT2D eigenvalue weighted by atomic mass is 15.1. The first kappa shape index (κ1) is 12.2. The molecule has 1 aliphatic rings. The number of nitrogens with zero attached hydrogens (tertiary/aromatic N) is 3. The second-order valence-electron chi connectivity index (χ2n) is 5.58. The van der Waals surface area contributed by atoms with E-state index in [0.717, 1.165) is 29.2 Å². The van der Waals surface area contributed by atoms with Crippen LogP contribution in [0.15, 0.2) is 18.2 Å². The van der Waals surface area contributed by atoms with Gasteiger partial charge in [-0.2, -0.15) is 5.26 Å². The summed E-state index contributed by atoms with van der Waals surface area (Å²) in [7, 11) is 2.06. The van der Waals surface area contributed by atoms with Crippen LogP contribution in [-0.4, -0.2) is 9.55 Å². The minimum atomic E-state index is 0.683. The van der Waals surface area contributed by atoms with Crippen molar-refractivity contribution in [3.8, 4) is 6.07 Å². The van der Waals surface area contributed by atoms with Gasteiger partial charge in [0.25, 0.3) is 0 Å². The van der Waals surface area contributed by atoms with E-state index < -0.39 is 0 Å². The largest absolute Gasteiger partial charge is 0.331 e. The summed E-state index contributed by atoms with van der Waals surface area (Å²) in [6.07, 6.45) is 7.81. The van der Waals surface area contributed by atoms with E-state index in [-0.39, 0.29) is 0 Å². The molecule has 0 bridgehead atoms. The Hall–Kier alpha value is -1.82. The molecule has 0 atom stereocenters. The Morgan fingerprint density at radius 2 is 2.11 bits per heavy atom. The molecule has 1 aliphatic carbocycles. The van der Waals surface area contributed by atoms with E-state index in [4.69, 9.17) is 10.2 Å². The maximum Gasteiger partial charge on any atom is 0.109 e. The first-order valence-electron chi connectivity index (χ1n) is 7.14. The molecular weight excluding hydrogens is 234 g/mol. The molecule has 2 aromatic rings. The monoisotopic (exact) mass is 253 g/mol. The van der Waals surface area contributed by atoms with Gasteiger partial charge in [-0.25, -0.2) is 4.98 Å². The van der Waals surface area contributed by atoms with Crippen LogP contribution in [0.1, 0.15) is 43.5 Å². The van der Waals surface area contributed by atoms with Gasteiger partial charge in [0.1, 0.15) is 17.4 Å². The molecule has 1 heterocycles. The van der Waals surface area contributed by atoms with Crippen LogP contribution in [-0.2, 0) is 13.5 Å². The molecule has 0 N–H and O–H groups in total. The van der Waals surface area contributed by atoms with Gasteiger partial charge < -0.3 is 4.57 Å². The lowest BCUT2D eigenvalue weighted by Gasteiger charge is -2.20. The second kappa shape index (κ2) is 5.05. The molecule has 1 saturated carbocycles. The summed E-state index contributed by atoms with van der Waals surface area (Å²) < 4.78 is 2.16. The highest BCUT2D eigenvalue weighted by Crippen LogP contribution is 2.28. The lowest BCUT2D eigenvalue weighted by Crippen LogP contribution is -2.12. The van der Waals surface area contributed by atoms with Crippen LogP contribution in [0.3, 0.4) is 0 Å². The number of aryl methyl sites for hydroxylation is 1. The molecule has 0 aliphatic heterocycles. The van der Waals surface area contributed by atoms with Gasteiger partial charge in [-0.15, -0.1) is 0 Å². The number of hydrogen-bond acceptors (Lipinski definition) is 2. The number of imidazole rings is 1. The molecule has 19 heavy (non-hydrogen) atoms. The van der Waals surface area contributed by atoms with Crippen LogP contribution in [0.25, 0.3) is 11.0 Å². The van der Waals surface area contributed by atoms with Crippen molar-refractivity contribution in [2.45, 2.75) is 38.5 Å². The zero-order valence-corrected chi connectivity index (χ0v) is 11.4. The molecule has 0 saturated heterocycles. The standard InChI is InChI=1S/C16H19N3/c1-19-14-9-5-8-13(11-17)16(14)18-15(19)10-12-6-3-2-4-7-12/h5,8-9,12H,2-4,6-7,10H2,1H3. The summed E-state index contributed by atoms with van der Waals surface area (Å²) in [4.78, 5) is 4.72. The number of rotatable bonds is 2. The van der Waals surface area contributed by atoms with E-state index in [9.17, 15) is 0 Å². The zero-order chi connectivity index (χ0) is 13.2. The van der Waals surface area contributed by atoms with E-state index in [0.29, 0.717) is 5.56 Å². The normalized spacial score (nSPS) is 16.6. The number of benzene rings is 1. The van der Waals surface area contributed by atoms with Crippen molar-refractivity contribution in [1.82, 2.24) is 9.55 Å². The fourth-order valence-electron chi connectivity index (χ4n) is 3.18. The van der Waals surface area contributed by atoms with Crippen LogP contribution in [0.2, 0.25) is 0 Å². The van der Waals surface area contributed by atoms with Crippen molar-refractivity contribution in [2.24, 2.45) is 13.0 Å². The predicted molar refractivity (Wildman–Crippen MR) is 75.7 cm³/mol. The Kier molecular flexibility index (Phi) is 3.25. The summed E-state index contributed by atoms with van der Waals surface area (Å²) in [5.41, 5.74) is 2.62. The molecule has 1 aromatic carbocycles. The number of hydrogen-bond donors (Lipinski definition) is 0. The molecular formula is C16H19N3. The third-order valence-electron chi connectivity index (χ3n) is 4.32. The van der Waals surface area contributed by atoms with E-state index >= 15 is 0 Å². The predicted octanol–water partition coefficient (Wildman–Crippen LogP) is 3.57. The first-order valence-corrected chi connectivity index (χ1v) is 7.14. The van der Waals surface area contributed by atoms with E-state index in [2.05, 4.69) is 17.7 Å². The maximum atomic E-state index is 9.16. The van der Waals surface area contributed by atoms with Gasteiger partial charge in [-0.1, -0.05) is 38.2 Å². The molecule has 0 unspecified atom stereocenters. The SMILES string of the molecule is Cn1c(CC2CCCCC2)nc2c(C#N)cccc21. The molecule has 3 nitrogen and oxygen atoms in total. The van der Waals surface area contributed by atoms with Crippen LogP contribution in [0.4, 0.5) is 0 Å². The molecule has 3 rings (SSSR count). The minimum absolute atomic E-state index is 0.683. The van der Waals surface area contributed by atoms with Gasteiger partial charge in [0.2, 0.25) is 0 Å². The smallest absolute Gasteiger partial charge is 0.109 e. The van der Waals surface area contributed by atoms with Gasteiger partial charge >= 0.3 is 0 Å². The average Bonchev–Trinajstić information content (AvgIpc) is 2.77. The van der Waals surface area contributed by atoms with Gasteiger partial charge in [-0.3, -0.25) is 0 Å². The van der Waals surface area contributed by atoms with Crippen molar-refractivity contribution >= 4 is 11.0 Å². The van der Waals surface area contributed by atoms with Gasteiger partial charge in [0.15, 0.2) is 0 Å². The fourth-order valence-corrected chi connectivity index (χ4v) is 3.18.